The molecule has 0 radical (unpaired) electrons. The van der Waals surface area contributed by atoms with Crippen LogP contribution in [0.1, 0.15) is 10.4 Å². The number of nitrogens with one attached hydrogen (secondary N) is 1. The second kappa shape index (κ2) is 5.98. The van der Waals surface area contributed by atoms with Gasteiger partial charge in [0.1, 0.15) is 11.6 Å². The van der Waals surface area contributed by atoms with Gasteiger partial charge in [0.2, 0.25) is 0 Å². The zero-order valence-electron chi connectivity index (χ0n) is 10.4. The van der Waals surface area contributed by atoms with Crippen LogP contribution >= 0.6 is 11.3 Å². The lowest BCUT2D eigenvalue weighted by molar-refractivity contribution is -0.112. The Morgan fingerprint density at radius 3 is 2.74 bits per heavy atom. The minimum atomic E-state index is -0.384. The van der Waals surface area contributed by atoms with Crippen LogP contribution in [0.5, 0.6) is 0 Å². The van der Waals surface area contributed by atoms with Gasteiger partial charge < -0.3 is 5.32 Å². The first-order chi connectivity index (χ1) is 9.20. The number of anilines is 1. The molecule has 2 aromatic rings. The van der Waals surface area contributed by atoms with Crippen molar-refractivity contribution in [1.82, 2.24) is 0 Å². The molecular formula is C15H12N2OS. The van der Waals surface area contributed by atoms with Crippen LogP contribution in [-0.4, -0.2) is 5.91 Å². The first-order valence-corrected chi connectivity index (χ1v) is 6.61. The van der Waals surface area contributed by atoms with Gasteiger partial charge in [-0.05, 0) is 36.1 Å². The van der Waals surface area contributed by atoms with E-state index in [9.17, 15) is 4.79 Å². The molecule has 0 unspecified atom stereocenters. The van der Waals surface area contributed by atoms with E-state index in [2.05, 4.69) is 5.32 Å². The molecule has 19 heavy (non-hydrogen) atoms. The molecule has 94 valence electrons. The van der Waals surface area contributed by atoms with Crippen LogP contribution < -0.4 is 5.32 Å². The highest BCUT2D eigenvalue weighted by Crippen LogP contribution is 2.17. The molecule has 3 nitrogen and oxygen atoms in total. The van der Waals surface area contributed by atoms with Gasteiger partial charge in [-0.2, -0.15) is 5.26 Å². The summed E-state index contributed by atoms with van der Waals surface area (Å²) in [5, 5.41) is 13.7. The molecule has 0 saturated heterocycles. The number of nitrogens with zero attached hydrogens (tertiary/aromatic N) is 1. The summed E-state index contributed by atoms with van der Waals surface area (Å²) in [7, 11) is 0. The average Bonchev–Trinajstić information content (AvgIpc) is 2.91. The molecule has 0 atom stereocenters. The van der Waals surface area contributed by atoms with Crippen molar-refractivity contribution in [3.8, 4) is 6.07 Å². The molecule has 0 spiro atoms. The smallest absolute Gasteiger partial charge is 0.266 e. The Labute approximate surface area is 115 Å². The molecule has 4 heteroatoms. The first kappa shape index (κ1) is 13.1. The molecular weight excluding hydrogens is 256 g/mol. The molecule has 0 aliphatic carbocycles. The predicted molar refractivity (Wildman–Crippen MR) is 77.7 cm³/mol. The Morgan fingerprint density at radius 2 is 2.11 bits per heavy atom. The van der Waals surface area contributed by atoms with E-state index in [1.54, 1.807) is 6.08 Å². The zero-order valence-corrected chi connectivity index (χ0v) is 11.2. The van der Waals surface area contributed by atoms with Gasteiger partial charge in [-0.25, -0.2) is 0 Å². The number of nitriles is 1. The lowest BCUT2D eigenvalue weighted by Gasteiger charge is -2.06. The number of carbonyl (C=O) groups is 1. The van der Waals surface area contributed by atoms with E-state index in [-0.39, 0.29) is 11.5 Å². The maximum Gasteiger partial charge on any atom is 0.266 e. The van der Waals surface area contributed by atoms with Gasteiger partial charge in [-0.3, -0.25) is 4.79 Å². The topological polar surface area (TPSA) is 52.9 Å². The number of amides is 1. The zero-order chi connectivity index (χ0) is 13.7. The molecule has 0 aliphatic heterocycles. The summed E-state index contributed by atoms with van der Waals surface area (Å²) >= 11 is 1.49. The van der Waals surface area contributed by atoms with Crippen molar-refractivity contribution in [3.05, 3.63) is 57.8 Å². The minimum Gasteiger partial charge on any atom is -0.321 e. The number of hydrogen-bond acceptors (Lipinski definition) is 3. The number of para-hydroxylation sites is 1. The molecule has 0 aliphatic rings. The predicted octanol–water partition coefficient (Wildman–Crippen LogP) is 3.60. The fraction of sp³-hybridized carbons (Fsp3) is 0.0667. The number of rotatable bonds is 3. The van der Waals surface area contributed by atoms with Crippen molar-refractivity contribution in [2.75, 3.05) is 5.32 Å². The third kappa shape index (κ3) is 3.30. The summed E-state index contributed by atoms with van der Waals surface area (Å²) in [6.45, 7) is 1.91. The molecule has 1 heterocycles. The van der Waals surface area contributed by atoms with Gasteiger partial charge in [0, 0.05) is 10.6 Å². The summed E-state index contributed by atoms with van der Waals surface area (Å²) in [4.78, 5) is 12.9. The normalized spacial score (nSPS) is 10.8. The lowest BCUT2D eigenvalue weighted by atomic mass is 10.2. The summed E-state index contributed by atoms with van der Waals surface area (Å²) in [6, 6.07) is 13.1. The van der Waals surface area contributed by atoms with Gasteiger partial charge in [-0.15, -0.1) is 11.3 Å². The van der Waals surface area contributed by atoms with E-state index >= 15 is 0 Å². The largest absolute Gasteiger partial charge is 0.321 e. The van der Waals surface area contributed by atoms with E-state index in [4.69, 9.17) is 5.26 Å². The van der Waals surface area contributed by atoms with Crippen LogP contribution in [0, 0.1) is 18.3 Å². The molecule has 0 saturated carbocycles. The van der Waals surface area contributed by atoms with Crippen LogP contribution in [0.2, 0.25) is 0 Å². The Balaban J connectivity index is 2.19. The molecule has 1 N–H and O–H groups in total. The van der Waals surface area contributed by atoms with Gasteiger partial charge in [0.05, 0.1) is 0 Å². The minimum absolute atomic E-state index is 0.103. The van der Waals surface area contributed by atoms with Gasteiger partial charge >= 0.3 is 0 Å². The van der Waals surface area contributed by atoms with Gasteiger partial charge in [0.15, 0.2) is 0 Å². The summed E-state index contributed by atoms with van der Waals surface area (Å²) in [5.41, 5.74) is 1.79. The van der Waals surface area contributed by atoms with Crippen molar-refractivity contribution < 1.29 is 4.79 Å². The van der Waals surface area contributed by atoms with Gasteiger partial charge in [-0.1, -0.05) is 24.3 Å². The fourth-order valence-electron chi connectivity index (χ4n) is 1.57. The Morgan fingerprint density at radius 1 is 1.32 bits per heavy atom. The molecule has 0 bridgehead atoms. The molecule has 1 aromatic carbocycles. The van der Waals surface area contributed by atoms with Crippen LogP contribution in [0.25, 0.3) is 6.08 Å². The Hall–Kier alpha value is -2.38. The molecule has 0 fully saturated rings. The highest BCUT2D eigenvalue weighted by molar-refractivity contribution is 7.10. The SMILES string of the molecule is Cc1ccccc1NC(=O)/C(C#N)=C/c1cccs1. The number of thiophene rings is 1. The first-order valence-electron chi connectivity index (χ1n) is 5.73. The van der Waals surface area contributed by atoms with Crippen LogP contribution in [-0.2, 0) is 4.79 Å². The van der Waals surface area contributed by atoms with Crippen molar-refractivity contribution >= 4 is 29.0 Å². The van der Waals surface area contributed by atoms with Crippen LogP contribution in [0.3, 0.4) is 0 Å². The standard InChI is InChI=1S/C15H12N2OS/c1-11-5-2-3-7-14(11)17-15(18)12(10-16)9-13-6-4-8-19-13/h2-9H,1H3,(H,17,18)/b12-9+. The van der Waals surface area contributed by atoms with E-state index in [0.717, 1.165) is 16.1 Å². The monoisotopic (exact) mass is 268 g/mol. The Bertz CT molecular complexity index is 651. The highest BCUT2D eigenvalue weighted by Gasteiger charge is 2.10. The van der Waals surface area contributed by atoms with Crippen molar-refractivity contribution in [2.45, 2.75) is 6.92 Å². The Kier molecular flexibility index (Phi) is 4.11. The number of benzene rings is 1. The number of aryl methyl sites for hydroxylation is 1. The van der Waals surface area contributed by atoms with E-state index < -0.39 is 0 Å². The van der Waals surface area contributed by atoms with Crippen LogP contribution in [0.15, 0.2) is 47.4 Å². The van der Waals surface area contributed by atoms with Gasteiger partial charge in [0.25, 0.3) is 5.91 Å². The maximum atomic E-state index is 12.0. The number of hydrogen-bond donors (Lipinski definition) is 1. The third-order valence-electron chi connectivity index (χ3n) is 2.59. The fourth-order valence-corrected chi connectivity index (χ4v) is 2.22. The van der Waals surface area contributed by atoms with E-state index in [1.165, 1.54) is 11.3 Å². The van der Waals surface area contributed by atoms with E-state index in [0.29, 0.717) is 0 Å². The maximum absolute atomic E-state index is 12.0. The average molecular weight is 268 g/mol. The second-order valence-corrected chi connectivity index (χ2v) is 4.93. The highest BCUT2D eigenvalue weighted by atomic mass is 32.1. The quantitative estimate of drug-likeness (QED) is 0.683. The third-order valence-corrected chi connectivity index (χ3v) is 3.41. The summed E-state index contributed by atoms with van der Waals surface area (Å²) < 4.78 is 0. The summed E-state index contributed by atoms with van der Waals surface area (Å²) in [6.07, 6.45) is 1.60. The van der Waals surface area contributed by atoms with E-state index in [1.807, 2.05) is 54.8 Å². The summed E-state index contributed by atoms with van der Waals surface area (Å²) in [5.74, 6) is -0.384. The second-order valence-electron chi connectivity index (χ2n) is 3.95. The van der Waals surface area contributed by atoms with Crippen molar-refractivity contribution in [2.24, 2.45) is 0 Å². The molecule has 1 amide bonds. The molecule has 2 rings (SSSR count). The molecule has 1 aromatic heterocycles. The van der Waals surface area contributed by atoms with Crippen molar-refractivity contribution in [3.63, 3.8) is 0 Å². The van der Waals surface area contributed by atoms with Crippen molar-refractivity contribution in [1.29, 1.82) is 5.26 Å². The number of carbonyl (C=O) groups excluding carboxylic acids is 1. The van der Waals surface area contributed by atoms with Crippen LogP contribution in [0.4, 0.5) is 5.69 Å². The lowest BCUT2D eigenvalue weighted by Crippen LogP contribution is -2.14.